The first-order chi connectivity index (χ1) is 4.93. The van der Waals surface area contributed by atoms with Crippen molar-refractivity contribution in [1.82, 2.24) is 4.90 Å². The Hall–Kier alpha value is 0.270. The van der Waals surface area contributed by atoms with Gasteiger partial charge in [0.05, 0.1) is 13.2 Å². The van der Waals surface area contributed by atoms with Crippen LogP contribution < -0.4 is 0 Å². The zero-order valence-electron chi connectivity index (χ0n) is 6.25. The Morgan fingerprint density at radius 1 is 1.30 bits per heavy atom. The molecule has 0 saturated carbocycles. The predicted octanol–water partition coefficient (Wildman–Crippen LogP) is 0.639. The van der Waals surface area contributed by atoms with Gasteiger partial charge in [-0.15, -0.1) is 0 Å². The summed E-state index contributed by atoms with van der Waals surface area (Å²) >= 11 is 4.16. The molecule has 10 heavy (non-hydrogen) atoms. The summed E-state index contributed by atoms with van der Waals surface area (Å²) in [6.07, 6.45) is 1.20. The highest BCUT2D eigenvalue weighted by Gasteiger charge is 2.08. The van der Waals surface area contributed by atoms with Crippen LogP contribution in [0.4, 0.5) is 0 Å². The van der Waals surface area contributed by atoms with E-state index < -0.39 is 0 Å². The molecule has 0 unspecified atom stereocenters. The highest BCUT2D eigenvalue weighted by Crippen LogP contribution is 1.97. The molecule has 0 atom stereocenters. The van der Waals surface area contributed by atoms with Crippen LogP contribution in [-0.4, -0.2) is 43.5 Å². The SMILES string of the molecule is SCCCN1CCOCC1. The average molecular weight is 161 g/mol. The van der Waals surface area contributed by atoms with Gasteiger partial charge in [-0.25, -0.2) is 0 Å². The van der Waals surface area contributed by atoms with Crippen LogP contribution in [0.2, 0.25) is 0 Å². The quantitative estimate of drug-likeness (QED) is 0.610. The predicted molar refractivity (Wildman–Crippen MR) is 45.7 cm³/mol. The third-order valence-corrected chi connectivity index (χ3v) is 2.05. The Balaban J connectivity index is 2.02. The van der Waals surface area contributed by atoms with Gasteiger partial charge in [0.25, 0.3) is 0 Å². The van der Waals surface area contributed by atoms with Gasteiger partial charge in [-0.3, -0.25) is 4.90 Å². The van der Waals surface area contributed by atoms with Crippen molar-refractivity contribution in [3.63, 3.8) is 0 Å². The van der Waals surface area contributed by atoms with E-state index >= 15 is 0 Å². The van der Waals surface area contributed by atoms with Gasteiger partial charge in [0.2, 0.25) is 0 Å². The molecule has 0 amide bonds. The molecule has 0 bridgehead atoms. The Morgan fingerprint density at radius 2 is 2.00 bits per heavy atom. The second kappa shape index (κ2) is 4.99. The fraction of sp³-hybridized carbons (Fsp3) is 1.00. The van der Waals surface area contributed by atoms with Crippen LogP contribution in [0.1, 0.15) is 6.42 Å². The van der Waals surface area contributed by atoms with E-state index in [-0.39, 0.29) is 0 Å². The maximum Gasteiger partial charge on any atom is 0.0594 e. The third-order valence-electron chi connectivity index (χ3n) is 1.74. The third kappa shape index (κ3) is 2.90. The minimum atomic E-state index is 0.909. The number of hydrogen-bond donors (Lipinski definition) is 1. The second-order valence-corrected chi connectivity index (χ2v) is 2.98. The van der Waals surface area contributed by atoms with Crippen molar-refractivity contribution < 1.29 is 4.74 Å². The molecule has 1 rings (SSSR count). The minimum absolute atomic E-state index is 0.909. The van der Waals surface area contributed by atoms with Crippen LogP contribution >= 0.6 is 12.6 Å². The van der Waals surface area contributed by atoms with Crippen molar-refractivity contribution in [3.05, 3.63) is 0 Å². The normalized spacial score (nSPS) is 21.3. The summed E-state index contributed by atoms with van der Waals surface area (Å²) in [5.74, 6) is 0.997. The van der Waals surface area contributed by atoms with Crippen LogP contribution in [0.3, 0.4) is 0 Å². The summed E-state index contributed by atoms with van der Waals surface area (Å²) in [7, 11) is 0. The molecule has 0 aromatic heterocycles. The van der Waals surface area contributed by atoms with Gasteiger partial charge >= 0.3 is 0 Å². The average Bonchev–Trinajstić information content (AvgIpc) is 2.03. The van der Waals surface area contributed by atoms with E-state index in [0.717, 1.165) is 32.1 Å². The maximum absolute atomic E-state index is 5.22. The van der Waals surface area contributed by atoms with E-state index in [2.05, 4.69) is 17.5 Å². The zero-order valence-corrected chi connectivity index (χ0v) is 7.15. The van der Waals surface area contributed by atoms with Crippen molar-refractivity contribution in [2.45, 2.75) is 6.42 Å². The van der Waals surface area contributed by atoms with Gasteiger partial charge in [0.1, 0.15) is 0 Å². The Morgan fingerprint density at radius 3 is 2.60 bits per heavy atom. The fourth-order valence-corrected chi connectivity index (χ4v) is 1.26. The lowest BCUT2D eigenvalue weighted by Crippen LogP contribution is -2.36. The Bertz CT molecular complexity index is 83.7. The first-order valence-corrected chi connectivity index (χ1v) is 4.47. The molecule has 0 radical (unpaired) electrons. The van der Waals surface area contributed by atoms with E-state index in [1.165, 1.54) is 13.0 Å². The van der Waals surface area contributed by atoms with Crippen molar-refractivity contribution in [3.8, 4) is 0 Å². The highest BCUT2D eigenvalue weighted by atomic mass is 32.1. The number of rotatable bonds is 3. The second-order valence-electron chi connectivity index (χ2n) is 2.53. The van der Waals surface area contributed by atoms with E-state index in [1.54, 1.807) is 0 Å². The fourth-order valence-electron chi connectivity index (χ4n) is 1.12. The summed E-state index contributed by atoms with van der Waals surface area (Å²) in [5.41, 5.74) is 0. The van der Waals surface area contributed by atoms with Crippen LogP contribution in [0, 0.1) is 0 Å². The number of morpholine rings is 1. The van der Waals surface area contributed by atoms with Crippen molar-refractivity contribution in [1.29, 1.82) is 0 Å². The standard InChI is InChI=1S/C7H15NOS/c10-7-1-2-8-3-5-9-6-4-8/h10H,1-7H2. The number of thiol groups is 1. The monoisotopic (exact) mass is 161 g/mol. The van der Waals surface area contributed by atoms with Crippen LogP contribution in [0.25, 0.3) is 0 Å². The lowest BCUT2D eigenvalue weighted by molar-refractivity contribution is 0.0381. The molecule has 1 aliphatic heterocycles. The minimum Gasteiger partial charge on any atom is -0.379 e. The van der Waals surface area contributed by atoms with Gasteiger partial charge in [-0.2, -0.15) is 12.6 Å². The largest absolute Gasteiger partial charge is 0.379 e. The molecule has 0 N–H and O–H groups in total. The van der Waals surface area contributed by atoms with E-state index in [1.807, 2.05) is 0 Å². The van der Waals surface area contributed by atoms with Crippen molar-refractivity contribution in [2.75, 3.05) is 38.6 Å². The van der Waals surface area contributed by atoms with Gasteiger partial charge in [-0.1, -0.05) is 0 Å². The van der Waals surface area contributed by atoms with Crippen molar-refractivity contribution >= 4 is 12.6 Å². The molecular formula is C7H15NOS. The molecule has 1 heterocycles. The first-order valence-electron chi connectivity index (χ1n) is 3.84. The Kier molecular flexibility index (Phi) is 4.18. The zero-order chi connectivity index (χ0) is 7.23. The molecule has 1 saturated heterocycles. The lowest BCUT2D eigenvalue weighted by atomic mass is 10.4. The van der Waals surface area contributed by atoms with Crippen LogP contribution in [0.5, 0.6) is 0 Å². The topological polar surface area (TPSA) is 12.5 Å². The highest BCUT2D eigenvalue weighted by molar-refractivity contribution is 7.80. The van der Waals surface area contributed by atoms with Gasteiger partial charge in [0, 0.05) is 13.1 Å². The van der Waals surface area contributed by atoms with Crippen LogP contribution in [-0.2, 0) is 4.74 Å². The molecular weight excluding hydrogens is 146 g/mol. The molecule has 0 aromatic carbocycles. The summed E-state index contributed by atoms with van der Waals surface area (Å²) in [6, 6.07) is 0. The first kappa shape index (κ1) is 8.37. The summed E-state index contributed by atoms with van der Waals surface area (Å²) in [6.45, 7) is 5.22. The van der Waals surface area contributed by atoms with Crippen molar-refractivity contribution in [2.24, 2.45) is 0 Å². The summed E-state index contributed by atoms with van der Waals surface area (Å²) in [4.78, 5) is 2.43. The molecule has 2 nitrogen and oxygen atoms in total. The smallest absolute Gasteiger partial charge is 0.0594 e. The van der Waals surface area contributed by atoms with Gasteiger partial charge < -0.3 is 4.74 Å². The molecule has 1 aliphatic rings. The number of nitrogens with zero attached hydrogens (tertiary/aromatic N) is 1. The molecule has 0 spiro atoms. The number of hydrogen-bond acceptors (Lipinski definition) is 3. The summed E-state index contributed by atoms with van der Waals surface area (Å²) < 4.78 is 5.22. The Labute approximate surface area is 68.0 Å². The molecule has 0 aromatic rings. The van der Waals surface area contributed by atoms with E-state index in [9.17, 15) is 0 Å². The van der Waals surface area contributed by atoms with E-state index in [0.29, 0.717) is 0 Å². The molecule has 3 heteroatoms. The van der Waals surface area contributed by atoms with Crippen LogP contribution in [0.15, 0.2) is 0 Å². The molecule has 0 aliphatic carbocycles. The lowest BCUT2D eigenvalue weighted by Gasteiger charge is -2.26. The molecule has 1 fully saturated rings. The number of ether oxygens (including phenoxy) is 1. The molecule has 60 valence electrons. The van der Waals surface area contributed by atoms with Gasteiger partial charge in [-0.05, 0) is 18.7 Å². The summed E-state index contributed by atoms with van der Waals surface area (Å²) in [5, 5.41) is 0. The van der Waals surface area contributed by atoms with E-state index in [4.69, 9.17) is 4.74 Å². The maximum atomic E-state index is 5.22. The van der Waals surface area contributed by atoms with Gasteiger partial charge in [0.15, 0.2) is 0 Å².